The molecule has 0 aromatic heterocycles. The summed E-state index contributed by atoms with van der Waals surface area (Å²) < 4.78 is 1.21. The van der Waals surface area contributed by atoms with Crippen molar-refractivity contribution in [2.24, 2.45) is 0 Å². The molecular formula is C17H28BrN3. The number of hydrogen-bond donors (Lipinski definition) is 1. The van der Waals surface area contributed by atoms with Crippen molar-refractivity contribution in [3.63, 3.8) is 0 Å². The van der Waals surface area contributed by atoms with Crippen LogP contribution < -0.4 is 10.2 Å². The number of halogens is 1. The molecule has 2 rings (SSSR count). The highest BCUT2D eigenvalue weighted by Gasteiger charge is 2.24. The van der Waals surface area contributed by atoms with E-state index >= 15 is 0 Å². The molecule has 0 spiro atoms. The van der Waals surface area contributed by atoms with Crippen molar-refractivity contribution in [1.82, 2.24) is 10.2 Å². The average molecular weight is 354 g/mol. The van der Waals surface area contributed by atoms with Gasteiger partial charge in [-0.1, -0.05) is 26.8 Å². The van der Waals surface area contributed by atoms with E-state index in [0.717, 1.165) is 26.2 Å². The van der Waals surface area contributed by atoms with Crippen LogP contribution in [-0.4, -0.2) is 43.7 Å². The third-order valence-corrected chi connectivity index (χ3v) is 4.95. The third-order valence-electron chi connectivity index (χ3n) is 4.32. The van der Waals surface area contributed by atoms with E-state index in [9.17, 15) is 0 Å². The normalized spacial score (nSPS) is 20.3. The van der Waals surface area contributed by atoms with Crippen molar-refractivity contribution in [1.29, 1.82) is 0 Å². The van der Waals surface area contributed by atoms with Crippen LogP contribution in [0.3, 0.4) is 0 Å². The van der Waals surface area contributed by atoms with Crippen LogP contribution in [0.4, 0.5) is 5.69 Å². The summed E-state index contributed by atoms with van der Waals surface area (Å²) >= 11 is 3.76. The van der Waals surface area contributed by atoms with Crippen molar-refractivity contribution < 1.29 is 0 Å². The Morgan fingerprint density at radius 3 is 2.71 bits per heavy atom. The number of anilines is 1. The summed E-state index contributed by atoms with van der Waals surface area (Å²) in [6, 6.07) is 7.94. The molecule has 1 atom stereocenters. The molecule has 0 bridgehead atoms. The van der Waals surface area contributed by atoms with E-state index in [0.29, 0.717) is 12.1 Å². The second-order valence-corrected chi connectivity index (χ2v) is 7.16. The maximum absolute atomic E-state index is 3.76. The zero-order valence-corrected chi connectivity index (χ0v) is 15.3. The molecule has 1 fully saturated rings. The van der Waals surface area contributed by atoms with Crippen LogP contribution in [-0.2, 0) is 6.54 Å². The minimum atomic E-state index is 0.520. The highest BCUT2D eigenvalue weighted by molar-refractivity contribution is 9.10. The van der Waals surface area contributed by atoms with Crippen molar-refractivity contribution in [3.8, 4) is 0 Å². The molecule has 1 N–H and O–H groups in total. The molecule has 1 unspecified atom stereocenters. The van der Waals surface area contributed by atoms with Crippen molar-refractivity contribution in [3.05, 3.63) is 28.2 Å². The van der Waals surface area contributed by atoms with Gasteiger partial charge in [0.15, 0.2) is 0 Å². The van der Waals surface area contributed by atoms with E-state index in [4.69, 9.17) is 0 Å². The van der Waals surface area contributed by atoms with Gasteiger partial charge < -0.3 is 10.2 Å². The molecule has 0 amide bonds. The maximum Gasteiger partial charge on any atom is 0.0511 e. The summed E-state index contributed by atoms with van der Waals surface area (Å²) in [5.41, 5.74) is 2.66. The fourth-order valence-corrected chi connectivity index (χ4v) is 3.52. The Kier molecular flexibility index (Phi) is 6.08. The highest BCUT2D eigenvalue weighted by Crippen LogP contribution is 2.29. The van der Waals surface area contributed by atoms with Crippen LogP contribution in [0.15, 0.2) is 22.7 Å². The van der Waals surface area contributed by atoms with Crippen LogP contribution in [0, 0.1) is 0 Å². The number of hydrogen-bond acceptors (Lipinski definition) is 3. The zero-order chi connectivity index (χ0) is 15.4. The molecule has 1 heterocycles. The quantitative estimate of drug-likeness (QED) is 0.874. The first-order valence-corrected chi connectivity index (χ1v) is 8.77. The van der Waals surface area contributed by atoms with Crippen molar-refractivity contribution in [2.75, 3.05) is 31.6 Å². The number of benzene rings is 1. The van der Waals surface area contributed by atoms with Crippen molar-refractivity contribution >= 4 is 21.6 Å². The van der Waals surface area contributed by atoms with Crippen LogP contribution in [0.2, 0.25) is 0 Å². The Morgan fingerprint density at radius 1 is 1.33 bits per heavy atom. The van der Waals surface area contributed by atoms with Gasteiger partial charge in [-0.25, -0.2) is 0 Å². The predicted octanol–water partition coefficient (Wildman–Crippen LogP) is 3.48. The summed E-state index contributed by atoms with van der Waals surface area (Å²) in [6.45, 7) is 10.9. The van der Waals surface area contributed by atoms with Crippen LogP contribution in [0.5, 0.6) is 0 Å². The van der Waals surface area contributed by atoms with E-state index in [-0.39, 0.29) is 0 Å². The molecule has 1 aromatic carbocycles. The SMILES string of the molecule is CCC1CN(c2ccc(CNC(C)C)cc2Br)CCN1C. The standard InChI is InChI=1S/C17H28BrN3/c1-5-15-12-21(9-8-20(15)4)17-7-6-14(10-16(17)18)11-19-13(2)3/h6-7,10,13,15,19H,5,8-9,11-12H2,1-4H3. The second kappa shape index (κ2) is 7.61. The molecule has 3 nitrogen and oxygen atoms in total. The minimum Gasteiger partial charge on any atom is -0.368 e. The summed E-state index contributed by atoms with van der Waals surface area (Å²) in [5.74, 6) is 0. The molecular weight excluding hydrogens is 326 g/mol. The summed E-state index contributed by atoms with van der Waals surface area (Å²) in [5, 5.41) is 3.47. The topological polar surface area (TPSA) is 18.5 Å². The van der Waals surface area contributed by atoms with Gasteiger partial charge in [0, 0.05) is 42.7 Å². The van der Waals surface area contributed by atoms with Gasteiger partial charge in [0.1, 0.15) is 0 Å². The largest absolute Gasteiger partial charge is 0.368 e. The first-order chi connectivity index (χ1) is 10.0. The van der Waals surface area contributed by atoms with E-state index in [1.807, 2.05) is 0 Å². The molecule has 1 aliphatic heterocycles. The molecule has 1 aliphatic rings. The van der Waals surface area contributed by atoms with Gasteiger partial charge in [-0.3, -0.25) is 4.90 Å². The van der Waals surface area contributed by atoms with Gasteiger partial charge >= 0.3 is 0 Å². The Bertz CT molecular complexity index is 461. The van der Waals surface area contributed by atoms with Gasteiger partial charge in [0.05, 0.1) is 5.69 Å². The Labute approximate surface area is 137 Å². The fraction of sp³-hybridized carbons (Fsp3) is 0.647. The molecule has 0 radical (unpaired) electrons. The molecule has 4 heteroatoms. The Morgan fingerprint density at radius 2 is 2.10 bits per heavy atom. The molecule has 21 heavy (non-hydrogen) atoms. The Hall–Kier alpha value is -0.580. The van der Waals surface area contributed by atoms with Crippen molar-refractivity contribution in [2.45, 2.75) is 45.8 Å². The zero-order valence-electron chi connectivity index (χ0n) is 13.7. The number of piperazine rings is 1. The molecule has 118 valence electrons. The van der Waals surface area contributed by atoms with E-state index < -0.39 is 0 Å². The van der Waals surface area contributed by atoms with Gasteiger partial charge in [-0.15, -0.1) is 0 Å². The van der Waals surface area contributed by atoms with E-state index in [1.54, 1.807) is 0 Å². The fourth-order valence-electron chi connectivity index (χ4n) is 2.84. The maximum atomic E-state index is 3.76. The van der Waals surface area contributed by atoms with E-state index in [1.165, 1.54) is 22.1 Å². The first-order valence-electron chi connectivity index (χ1n) is 7.98. The van der Waals surface area contributed by atoms with Gasteiger partial charge in [-0.05, 0) is 47.1 Å². The summed E-state index contributed by atoms with van der Waals surface area (Å²) in [6.07, 6.45) is 1.21. The third kappa shape index (κ3) is 4.44. The highest BCUT2D eigenvalue weighted by atomic mass is 79.9. The smallest absolute Gasteiger partial charge is 0.0511 e. The lowest BCUT2D eigenvalue weighted by molar-refractivity contribution is 0.213. The summed E-state index contributed by atoms with van der Waals surface area (Å²) in [7, 11) is 2.24. The molecule has 0 saturated carbocycles. The lowest BCUT2D eigenvalue weighted by Crippen LogP contribution is -2.51. The molecule has 1 saturated heterocycles. The first kappa shape index (κ1) is 16.8. The van der Waals surface area contributed by atoms with Gasteiger partial charge in [0.2, 0.25) is 0 Å². The van der Waals surface area contributed by atoms with Crippen LogP contribution in [0.1, 0.15) is 32.8 Å². The lowest BCUT2D eigenvalue weighted by atomic mass is 10.1. The lowest BCUT2D eigenvalue weighted by Gasteiger charge is -2.40. The Balaban J connectivity index is 2.06. The number of likely N-dealkylation sites (N-methyl/N-ethyl adjacent to an activating group) is 1. The van der Waals surface area contributed by atoms with E-state index in [2.05, 4.69) is 77.1 Å². The molecule has 0 aliphatic carbocycles. The number of nitrogens with zero attached hydrogens (tertiary/aromatic N) is 2. The molecule has 1 aromatic rings. The minimum absolute atomic E-state index is 0.520. The number of rotatable bonds is 5. The van der Waals surface area contributed by atoms with Crippen LogP contribution >= 0.6 is 15.9 Å². The predicted molar refractivity (Wildman–Crippen MR) is 95.0 cm³/mol. The monoisotopic (exact) mass is 353 g/mol. The van der Waals surface area contributed by atoms with Crippen LogP contribution in [0.25, 0.3) is 0 Å². The van der Waals surface area contributed by atoms with Gasteiger partial charge in [0.25, 0.3) is 0 Å². The second-order valence-electron chi connectivity index (χ2n) is 6.31. The number of nitrogens with one attached hydrogen (secondary N) is 1. The van der Waals surface area contributed by atoms with Gasteiger partial charge in [-0.2, -0.15) is 0 Å². The average Bonchev–Trinajstić information content (AvgIpc) is 2.46. The summed E-state index contributed by atoms with van der Waals surface area (Å²) in [4.78, 5) is 4.99.